The van der Waals surface area contributed by atoms with Crippen LogP contribution in [0.4, 0.5) is 0 Å². The third-order valence-electron chi connectivity index (χ3n) is 5.34. The number of carbonyl (C=O) groups is 1. The fraction of sp³-hybridized carbons (Fsp3) is 0.409. The van der Waals surface area contributed by atoms with Gasteiger partial charge in [0, 0.05) is 19.6 Å². The standard InChI is InChI=1S/C22H28N2O6/c1-15-5-6-19(28-2)18(11-15)22(25)23-8-3-4-9-24-10-7-16-12-20(29-26)21(30-27)13-17(16)14-24/h5-6,11-13,26-27H,3-4,7-10,14H2,1-2H3,(H,23,25). The Morgan fingerprint density at radius 1 is 1.07 bits per heavy atom. The molecule has 3 rings (SSSR count). The molecule has 162 valence electrons. The highest BCUT2D eigenvalue weighted by atomic mass is 17.1. The molecule has 0 saturated heterocycles. The van der Waals surface area contributed by atoms with Crippen LogP contribution in [0.1, 0.15) is 39.9 Å². The van der Waals surface area contributed by atoms with Gasteiger partial charge >= 0.3 is 0 Å². The fourth-order valence-electron chi connectivity index (χ4n) is 3.71. The van der Waals surface area contributed by atoms with E-state index in [1.54, 1.807) is 25.3 Å². The molecular formula is C22H28N2O6. The van der Waals surface area contributed by atoms with Gasteiger partial charge in [0.15, 0.2) is 0 Å². The number of fused-ring (bicyclic) bond motifs is 1. The van der Waals surface area contributed by atoms with E-state index in [1.165, 1.54) is 0 Å². The molecule has 0 spiro atoms. The van der Waals surface area contributed by atoms with Crippen molar-refractivity contribution in [2.45, 2.75) is 32.7 Å². The average Bonchev–Trinajstić information content (AvgIpc) is 2.77. The van der Waals surface area contributed by atoms with Gasteiger partial charge in [0.25, 0.3) is 5.91 Å². The molecule has 30 heavy (non-hydrogen) atoms. The Hall–Kier alpha value is -2.81. The van der Waals surface area contributed by atoms with Gasteiger partial charge in [0.2, 0.25) is 11.5 Å². The van der Waals surface area contributed by atoms with Gasteiger partial charge in [0.05, 0.1) is 12.7 Å². The molecule has 2 aromatic carbocycles. The van der Waals surface area contributed by atoms with E-state index in [0.717, 1.165) is 55.6 Å². The van der Waals surface area contributed by atoms with Crippen molar-refractivity contribution in [3.8, 4) is 17.2 Å². The van der Waals surface area contributed by atoms with E-state index in [1.807, 2.05) is 19.1 Å². The number of hydrogen-bond acceptors (Lipinski definition) is 7. The number of nitrogens with one attached hydrogen (secondary N) is 1. The number of ether oxygens (including phenoxy) is 1. The van der Waals surface area contributed by atoms with Crippen LogP contribution in [-0.2, 0) is 13.0 Å². The van der Waals surface area contributed by atoms with Gasteiger partial charge in [0.1, 0.15) is 5.75 Å². The number of benzene rings is 2. The van der Waals surface area contributed by atoms with Crippen LogP contribution < -0.4 is 19.8 Å². The van der Waals surface area contributed by atoms with Crippen LogP contribution in [0.2, 0.25) is 0 Å². The molecule has 0 unspecified atom stereocenters. The molecule has 3 N–H and O–H groups in total. The zero-order chi connectivity index (χ0) is 21.5. The largest absolute Gasteiger partial charge is 0.496 e. The molecule has 1 amide bonds. The van der Waals surface area contributed by atoms with Crippen molar-refractivity contribution in [2.75, 3.05) is 26.7 Å². The summed E-state index contributed by atoms with van der Waals surface area (Å²) in [4.78, 5) is 23.3. The Labute approximate surface area is 175 Å². The molecule has 2 aromatic rings. The minimum Gasteiger partial charge on any atom is -0.496 e. The minimum absolute atomic E-state index is 0.0902. The van der Waals surface area contributed by atoms with Gasteiger partial charge in [-0.15, -0.1) is 0 Å². The number of aryl methyl sites for hydroxylation is 1. The Morgan fingerprint density at radius 2 is 1.80 bits per heavy atom. The van der Waals surface area contributed by atoms with Crippen LogP contribution in [0.5, 0.6) is 17.2 Å². The van der Waals surface area contributed by atoms with Gasteiger partial charge in [-0.05, 0) is 68.1 Å². The van der Waals surface area contributed by atoms with E-state index in [0.29, 0.717) is 17.9 Å². The maximum atomic E-state index is 12.4. The number of methoxy groups -OCH3 is 1. The first kappa shape index (κ1) is 21.9. The Morgan fingerprint density at radius 3 is 2.50 bits per heavy atom. The second kappa shape index (κ2) is 10.3. The van der Waals surface area contributed by atoms with Gasteiger partial charge < -0.3 is 19.8 Å². The van der Waals surface area contributed by atoms with Crippen molar-refractivity contribution < 1.29 is 29.8 Å². The monoisotopic (exact) mass is 416 g/mol. The summed E-state index contributed by atoms with van der Waals surface area (Å²) in [7, 11) is 1.56. The highest BCUT2D eigenvalue weighted by molar-refractivity contribution is 5.97. The van der Waals surface area contributed by atoms with Crippen LogP contribution in [0.3, 0.4) is 0 Å². The number of unbranched alkanes of at least 4 members (excludes halogenated alkanes) is 1. The molecule has 1 aliphatic heterocycles. The lowest BCUT2D eigenvalue weighted by Gasteiger charge is -2.29. The van der Waals surface area contributed by atoms with E-state index < -0.39 is 0 Å². The molecular weight excluding hydrogens is 388 g/mol. The van der Waals surface area contributed by atoms with Crippen LogP contribution >= 0.6 is 0 Å². The van der Waals surface area contributed by atoms with Gasteiger partial charge in [-0.1, -0.05) is 11.6 Å². The second-order valence-corrected chi connectivity index (χ2v) is 7.44. The van der Waals surface area contributed by atoms with E-state index >= 15 is 0 Å². The smallest absolute Gasteiger partial charge is 0.255 e. The molecule has 0 aromatic heterocycles. The van der Waals surface area contributed by atoms with E-state index in [2.05, 4.69) is 20.0 Å². The zero-order valence-electron chi connectivity index (χ0n) is 17.3. The molecule has 0 saturated carbocycles. The summed E-state index contributed by atoms with van der Waals surface area (Å²) in [6.07, 6.45) is 2.63. The van der Waals surface area contributed by atoms with Crippen LogP contribution in [-0.4, -0.2) is 48.1 Å². The third kappa shape index (κ3) is 5.21. The number of amides is 1. The molecule has 0 bridgehead atoms. The summed E-state index contributed by atoms with van der Waals surface area (Å²) >= 11 is 0. The van der Waals surface area contributed by atoms with Crippen molar-refractivity contribution in [3.63, 3.8) is 0 Å². The predicted molar refractivity (Wildman–Crippen MR) is 111 cm³/mol. The van der Waals surface area contributed by atoms with E-state index in [-0.39, 0.29) is 17.4 Å². The average molecular weight is 416 g/mol. The van der Waals surface area contributed by atoms with Crippen molar-refractivity contribution >= 4 is 5.91 Å². The first-order valence-corrected chi connectivity index (χ1v) is 9.99. The normalized spacial score (nSPS) is 13.5. The van der Waals surface area contributed by atoms with Crippen LogP contribution in [0.15, 0.2) is 30.3 Å². The van der Waals surface area contributed by atoms with Gasteiger partial charge in [-0.3, -0.25) is 9.69 Å². The Bertz CT molecular complexity index is 886. The summed E-state index contributed by atoms with van der Waals surface area (Å²) < 4.78 is 5.27. The van der Waals surface area contributed by atoms with Gasteiger partial charge in [-0.25, -0.2) is 10.5 Å². The second-order valence-electron chi connectivity index (χ2n) is 7.44. The van der Waals surface area contributed by atoms with Crippen LogP contribution in [0, 0.1) is 6.92 Å². The Balaban J connectivity index is 1.45. The zero-order valence-corrected chi connectivity index (χ0v) is 17.3. The van der Waals surface area contributed by atoms with Crippen LogP contribution in [0.25, 0.3) is 0 Å². The SMILES string of the molecule is COc1ccc(C)cc1C(=O)NCCCCN1CCc2cc(OO)c(OO)cc2C1. The van der Waals surface area contributed by atoms with E-state index in [9.17, 15) is 4.79 Å². The highest BCUT2D eigenvalue weighted by Crippen LogP contribution is 2.33. The molecule has 0 radical (unpaired) electrons. The van der Waals surface area contributed by atoms with Crippen molar-refractivity contribution in [1.29, 1.82) is 0 Å². The molecule has 8 nitrogen and oxygen atoms in total. The molecule has 0 atom stereocenters. The Kier molecular flexibility index (Phi) is 7.51. The first-order valence-electron chi connectivity index (χ1n) is 9.99. The quantitative estimate of drug-likeness (QED) is 0.328. The molecule has 1 heterocycles. The minimum atomic E-state index is -0.124. The topological polar surface area (TPSA) is 100 Å². The lowest BCUT2D eigenvalue weighted by Crippen LogP contribution is -2.32. The maximum Gasteiger partial charge on any atom is 0.255 e. The molecule has 0 aliphatic carbocycles. The molecule has 8 heteroatoms. The maximum absolute atomic E-state index is 12.4. The predicted octanol–water partition coefficient (Wildman–Crippen LogP) is 3.28. The lowest BCUT2D eigenvalue weighted by molar-refractivity contribution is -0.164. The van der Waals surface area contributed by atoms with E-state index in [4.69, 9.17) is 15.3 Å². The summed E-state index contributed by atoms with van der Waals surface area (Å²) in [5.74, 6) is 0.644. The summed E-state index contributed by atoms with van der Waals surface area (Å²) in [5, 5.41) is 20.8. The first-order chi connectivity index (χ1) is 14.5. The molecule has 0 fully saturated rings. The highest BCUT2D eigenvalue weighted by Gasteiger charge is 2.20. The number of hydrogen-bond donors (Lipinski definition) is 3. The van der Waals surface area contributed by atoms with Gasteiger partial charge in [-0.2, -0.15) is 0 Å². The number of nitrogens with zero attached hydrogens (tertiary/aromatic N) is 1. The number of rotatable bonds is 9. The lowest BCUT2D eigenvalue weighted by atomic mass is 9.98. The van der Waals surface area contributed by atoms with Crippen molar-refractivity contribution in [2.24, 2.45) is 0 Å². The third-order valence-corrected chi connectivity index (χ3v) is 5.34. The molecule has 1 aliphatic rings. The number of carbonyl (C=O) groups excluding carboxylic acids is 1. The summed E-state index contributed by atoms with van der Waals surface area (Å²) in [5.41, 5.74) is 3.67. The van der Waals surface area contributed by atoms with Crippen molar-refractivity contribution in [3.05, 3.63) is 52.6 Å². The van der Waals surface area contributed by atoms with Crippen molar-refractivity contribution in [1.82, 2.24) is 10.2 Å². The summed E-state index contributed by atoms with van der Waals surface area (Å²) in [6.45, 7) is 5.06. The summed E-state index contributed by atoms with van der Waals surface area (Å²) in [6, 6.07) is 8.92. The fourth-order valence-corrected chi connectivity index (χ4v) is 3.71.